The molecule has 0 bridgehead atoms. The summed E-state index contributed by atoms with van der Waals surface area (Å²) in [7, 11) is -7.91. The van der Waals surface area contributed by atoms with Crippen LogP contribution in [0.2, 0.25) is 0 Å². The molecule has 1 heterocycles. The number of halogens is 2. The van der Waals surface area contributed by atoms with E-state index in [1.165, 1.54) is 18.2 Å². The molecule has 9 heteroatoms. The Kier molecular flexibility index (Phi) is 4.52. The summed E-state index contributed by atoms with van der Waals surface area (Å²) in [4.78, 5) is -0.518. The first kappa shape index (κ1) is 16.2. The van der Waals surface area contributed by atoms with E-state index in [2.05, 4.69) is 5.32 Å². The first-order valence-electron chi connectivity index (χ1n) is 6.31. The standard InChI is InChI=1S/C12H15F2NO4S2/c13-12(14)21(18,19)11-6-2-1-5-10(11)15-8-9-4-3-7-20(9,16)17/h1-2,5-6,9,12,15H,3-4,7-8H2. The fourth-order valence-corrected chi connectivity index (χ4v) is 4.94. The van der Waals surface area contributed by atoms with Gasteiger partial charge in [0, 0.05) is 6.54 Å². The Morgan fingerprint density at radius 1 is 1.29 bits per heavy atom. The Bertz CT molecular complexity index is 717. The fraction of sp³-hybridized carbons (Fsp3) is 0.500. The van der Waals surface area contributed by atoms with E-state index in [0.717, 1.165) is 6.07 Å². The summed E-state index contributed by atoms with van der Waals surface area (Å²) in [5.41, 5.74) is -0.0000926. The summed E-state index contributed by atoms with van der Waals surface area (Å²) >= 11 is 0. The molecule has 1 unspecified atom stereocenters. The minimum absolute atomic E-state index is 0.0000926. The van der Waals surface area contributed by atoms with Crippen molar-refractivity contribution in [1.29, 1.82) is 0 Å². The van der Waals surface area contributed by atoms with Crippen molar-refractivity contribution in [3.8, 4) is 0 Å². The van der Waals surface area contributed by atoms with E-state index in [1.807, 2.05) is 0 Å². The van der Waals surface area contributed by atoms with Crippen LogP contribution in [0.25, 0.3) is 0 Å². The zero-order valence-corrected chi connectivity index (χ0v) is 12.6. The first-order valence-corrected chi connectivity index (χ1v) is 9.58. The molecule has 0 spiro atoms. The monoisotopic (exact) mass is 339 g/mol. The van der Waals surface area contributed by atoms with Gasteiger partial charge < -0.3 is 5.32 Å². The molecule has 0 radical (unpaired) electrons. The van der Waals surface area contributed by atoms with Gasteiger partial charge in [0.15, 0.2) is 9.84 Å². The summed E-state index contributed by atoms with van der Waals surface area (Å²) in [5.74, 6) is -3.41. The second kappa shape index (κ2) is 5.88. The predicted octanol–water partition coefficient (Wildman–Crippen LogP) is 1.67. The van der Waals surface area contributed by atoms with Gasteiger partial charge in [-0.05, 0) is 25.0 Å². The summed E-state index contributed by atoms with van der Waals surface area (Å²) in [6, 6.07) is 5.26. The lowest BCUT2D eigenvalue weighted by Gasteiger charge is -2.15. The van der Waals surface area contributed by atoms with Gasteiger partial charge in [-0.1, -0.05) is 12.1 Å². The summed E-state index contributed by atoms with van der Waals surface area (Å²) in [6.07, 6.45) is 1.05. The van der Waals surface area contributed by atoms with Crippen molar-refractivity contribution in [2.24, 2.45) is 0 Å². The summed E-state index contributed by atoms with van der Waals surface area (Å²) in [5, 5.41) is 2.07. The van der Waals surface area contributed by atoms with Gasteiger partial charge in [-0.2, -0.15) is 8.78 Å². The molecule has 1 aromatic rings. The highest BCUT2D eigenvalue weighted by Gasteiger charge is 2.32. The van der Waals surface area contributed by atoms with E-state index in [9.17, 15) is 25.6 Å². The Morgan fingerprint density at radius 3 is 2.52 bits per heavy atom. The largest absolute Gasteiger partial charge is 0.383 e. The number of rotatable bonds is 5. The number of hydrogen-bond donors (Lipinski definition) is 1. The minimum Gasteiger partial charge on any atom is -0.383 e. The van der Waals surface area contributed by atoms with Gasteiger partial charge in [0.1, 0.15) is 0 Å². The van der Waals surface area contributed by atoms with E-state index < -0.39 is 35.6 Å². The van der Waals surface area contributed by atoms with Crippen LogP contribution in [0.3, 0.4) is 0 Å². The van der Waals surface area contributed by atoms with Gasteiger partial charge in [-0.3, -0.25) is 0 Å². The Labute approximate surface area is 122 Å². The topological polar surface area (TPSA) is 80.3 Å². The maximum atomic E-state index is 12.6. The zero-order valence-electron chi connectivity index (χ0n) is 11.0. The summed E-state index contributed by atoms with van der Waals surface area (Å²) < 4.78 is 71.8. The molecule has 0 amide bonds. The molecule has 21 heavy (non-hydrogen) atoms. The second-order valence-electron chi connectivity index (χ2n) is 4.81. The molecule has 1 aliphatic rings. The average Bonchev–Trinajstić information content (AvgIpc) is 2.75. The van der Waals surface area contributed by atoms with Crippen LogP contribution < -0.4 is 5.32 Å². The van der Waals surface area contributed by atoms with E-state index >= 15 is 0 Å². The number of benzene rings is 1. The molecule has 1 aromatic carbocycles. The van der Waals surface area contributed by atoms with Crippen LogP contribution in [0.1, 0.15) is 12.8 Å². The van der Waals surface area contributed by atoms with E-state index in [-0.39, 0.29) is 18.0 Å². The predicted molar refractivity (Wildman–Crippen MR) is 74.9 cm³/mol. The molecule has 1 fully saturated rings. The van der Waals surface area contributed by atoms with Crippen molar-refractivity contribution in [1.82, 2.24) is 0 Å². The van der Waals surface area contributed by atoms with Gasteiger partial charge in [0.25, 0.3) is 0 Å². The van der Waals surface area contributed by atoms with Gasteiger partial charge in [0.2, 0.25) is 9.84 Å². The molecule has 1 aliphatic heterocycles. The molecule has 0 aliphatic carbocycles. The lowest BCUT2D eigenvalue weighted by Crippen LogP contribution is -2.26. The molecule has 118 valence electrons. The first-order chi connectivity index (χ1) is 9.75. The molecule has 5 nitrogen and oxygen atoms in total. The molecule has 0 aromatic heterocycles. The van der Waals surface area contributed by atoms with Crippen LogP contribution in [-0.2, 0) is 19.7 Å². The van der Waals surface area contributed by atoms with Crippen molar-refractivity contribution in [2.45, 2.75) is 28.7 Å². The van der Waals surface area contributed by atoms with Crippen molar-refractivity contribution in [2.75, 3.05) is 17.6 Å². The quantitative estimate of drug-likeness (QED) is 0.883. The third-order valence-corrected chi connectivity index (χ3v) is 7.13. The number of alkyl halides is 2. The Hall–Kier alpha value is -1.22. The van der Waals surface area contributed by atoms with Crippen LogP contribution >= 0.6 is 0 Å². The molecule has 1 N–H and O–H groups in total. The number of para-hydroxylation sites is 1. The van der Waals surface area contributed by atoms with Crippen molar-refractivity contribution < 1.29 is 25.6 Å². The highest BCUT2D eigenvalue weighted by molar-refractivity contribution is 7.92. The van der Waals surface area contributed by atoms with Gasteiger partial charge in [-0.25, -0.2) is 16.8 Å². The second-order valence-corrected chi connectivity index (χ2v) is 9.10. The number of nitrogens with one attached hydrogen (secondary N) is 1. The number of hydrogen-bond acceptors (Lipinski definition) is 5. The van der Waals surface area contributed by atoms with Crippen molar-refractivity contribution >= 4 is 25.4 Å². The van der Waals surface area contributed by atoms with Crippen molar-refractivity contribution in [3.05, 3.63) is 24.3 Å². The van der Waals surface area contributed by atoms with Crippen LogP contribution in [0.15, 0.2) is 29.2 Å². The fourth-order valence-electron chi connectivity index (χ4n) is 2.27. The molecule has 1 atom stereocenters. The summed E-state index contributed by atoms with van der Waals surface area (Å²) in [6.45, 7) is 0.0120. The van der Waals surface area contributed by atoms with Crippen LogP contribution in [0.4, 0.5) is 14.5 Å². The average molecular weight is 339 g/mol. The Balaban J connectivity index is 2.22. The minimum atomic E-state index is -4.73. The molecule has 1 saturated heterocycles. The van der Waals surface area contributed by atoms with Gasteiger partial charge in [-0.15, -0.1) is 0 Å². The number of sulfone groups is 2. The number of anilines is 1. The lowest BCUT2D eigenvalue weighted by molar-refractivity contribution is 0.235. The highest BCUT2D eigenvalue weighted by atomic mass is 32.2. The van der Waals surface area contributed by atoms with Gasteiger partial charge >= 0.3 is 5.76 Å². The molecular weight excluding hydrogens is 324 g/mol. The van der Waals surface area contributed by atoms with E-state index in [1.54, 1.807) is 0 Å². The smallest absolute Gasteiger partial charge is 0.341 e. The normalized spacial score (nSPS) is 21.6. The molecular formula is C12H15F2NO4S2. The van der Waals surface area contributed by atoms with E-state index in [4.69, 9.17) is 0 Å². The zero-order chi connectivity index (χ0) is 15.7. The van der Waals surface area contributed by atoms with Crippen LogP contribution in [-0.4, -0.2) is 40.1 Å². The third kappa shape index (κ3) is 3.34. The maximum absolute atomic E-state index is 12.6. The Morgan fingerprint density at radius 2 is 1.95 bits per heavy atom. The van der Waals surface area contributed by atoms with Crippen molar-refractivity contribution in [3.63, 3.8) is 0 Å². The molecule has 2 rings (SSSR count). The van der Waals surface area contributed by atoms with Crippen LogP contribution in [0.5, 0.6) is 0 Å². The van der Waals surface area contributed by atoms with Crippen LogP contribution in [0, 0.1) is 0 Å². The maximum Gasteiger partial charge on any atom is 0.341 e. The lowest BCUT2D eigenvalue weighted by atomic mass is 10.2. The SMILES string of the molecule is O=S1(=O)CCCC1CNc1ccccc1S(=O)(=O)C(F)F. The molecule has 0 saturated carbocycles. The third-order valence-electron chi connectivity index (χ3n) is 3.41. The van der Waals surface area contributed by atoms with E-state index in [0.29, 0.717) is 12.8 Å². The van der Waals surface area contributed by atoms with Gasteiger partial charge in [0.05, 0.1) is 21.6 Å². The highest BCUT2D eigenvalue weighted by Crippen LogP contribution is 2.27.